The molecule has 0 radical (unpaired) electrons. The number of likely N-dealkylation sites (tertiary alicyclic amines) is 1. The maximum Gasteiger partial charge on any atom is 0.227 e. The zero-order chi connectivity index (χ0) is 22.5. The first-order valence-electron chi connectivity index (χ1n) is 11.0. The predicted octanol–water partition coefficient (Wildman–Crippen LogP) is 4.55. The van der Waals surface area contributed by atoms with Gasteiger partial charge >= 0.3 is 0 Å². The van der Waals surface area contributed by atoms with Crippen molar-refractivity contribution in [3.8, 4) is 16.9 Å². The molecule has 3 aromatic rings. The largest absolute Gasteiger partial charge is 0.494 e. The van der Waals surface area contributed by atoms with Crippen molar-refractivity contribution in [2.75, 3.05) is 13.7 Å². The van der Waals surface area contributed by atoms with Gasteiger partial charge < -0.3 is 9.64 Å². The second-order valence-corrected chi connectivity index (χ2v) is 7.96. The molecule has 0 aliphatic carbocycles. The van der Waals surface area contributed by atoms with E-state index in [1.165, 1.54) is 13.2 Å². The molecule has 1 fully saturated rings. The van der Waals surface area contributed by atoms with Gasteiger partial charge in [-0.2, -0.15) is 0 Å². The third-order valence-corrected chi connectivity index (χ3v) is 5.79. The Morgan fingerprint density at radius 1 is 1.25 bits per heavy atom. The average Bonchev–Trinajstić information content (AvgIpc) is 3.30. The topological polar surface area (TPSA) is 68.2 Å². The molecule has 0 saturated carbocycles. The van der Waals surface area contributed by atoms with E-state index in [4.69, 9.17) is 9.72 Å². The molecule has 166 valence electrons. The number of aromatic nitrogens is 3. The Labute approximate surface area is 187 Å². The van der Waals surface area contributed by atoms with Crippen LogP contribution in [0.5, 0.6) is 5.75 Å². The summed E-state index contributed by atoms with van der Waals surface area (Å²) in [5.41, 5.74) is 3.41. The van der Waals surface area contributed by atoms with E-state index in [-0.39, 0.29) is 24.1 Å². The Balaban J connectivity index is 1.64. The molecule has 2 aromatic heterocycles. The smallest absolute Gasteiger partial charge is 0.227 e. The highest BCUT2D eigenvalue weighted by Gasteiger charge is 2.33. The molecular formula is C25H27FN4O2. The summed E-state index contributed by atoms with van der Waals surface area (Å²) in [5, 5.41) is 0. The van der Waals surface area contributed by atoms with E-state index in [9.17, 15) is 9.18 Å². The van der Waals surface area contributed by atoms with Crippen LogP contribution in [0.4, 0.5) is 4.39 Å². The number of rotatable bonds is 7. The lowest BCUT2D eigenvalue weighted by atomic mass is 10.00. The van der Waals surface area contributed by atoms with Gasteiger partial charge in [-0.3, -0.25) is 9.78 Å². The lowest BCUT2D eigenvalue weighted by Gasteiger charge is -2.26. The van der Waals surface area contributed by atoms with E-state index < -0.39 is 5.82 Å². The SMILES string of the molecule is CCCc1ncc(-c2ccncc2)c([C@@H]2CCCN2C(=O)Cc2ccc(OC)c(F)c2)n1. The monoisotopic (exact) mass is 434 g/mol. The van der Waals surface area contributed by atoms with E-state index in [2.05, 4.69) is 16.9 Å². The van der Waals surface area contributed by atoms with Crippen molar-refractivity contribution in [3.63, 3.8) is 0 Å². The van der Waals surface area contributed by atoms with Crippen molar-refractivity contribution in [2.24, 2.45) is 0 Å². The fourth-order valence-electron chi connectivity index (χ4n) is 4.23. The molecule has 1 aliphatic rings. The van der Waals surface area contributed by atoms with Gasteiger partial charge in [-0.25, -0.2) is 14.4 Å². The van der Waals surface area contributed by atoms with Gasteiger partial charge in [0.1, 0.15) is 5.82 Å². The van der Waals surface area contributed by atoms with Gasteiger partial charge in [-0.1, -0.05) is 13.0 Å². The fraction of sp³-hybridized carbons (Fsp3) is 0.360. The van der Waals surface area contributed by atoms with Gasteiger partial charge in [-0.05, 0) is 54.7 Å². The van der Waals surface area contributed by atoms with E-state index >= 15 is 0 Å². The number of carbonyl (C=O) groups excluding carboxylic acids is 1. The van der Waals surface area contributed by atoms with E-state index in [1.807, 2.05) is 23.2 Å². The maximum absolute atomic E-state index is 14.1. The van der Waals surface area contributed by atoms with Gasteiger partial charge in [0.25, 0.3) is 0 Å². The Bertz CT molecular complexity index is 1090. The van der Waals surface area contributed by atoms with Gasteiger partial charge in [0.05, 0.1) is 25.3 Å². The Morgan fingerprint density at radius 3 is 2.78 bits per heavy atom. The summed E-state index contributed by atoms with van der Waals surface area (Å²) in [7, 11) is 1.42. The van der Waals surface area contributed by atoms with Crippen LogP contribution in [-0.2, 0) is 17.6 Å². The predicted molar refractivity (Wildman–Crippen MR) is 120 cm³/mol. The molecule has 1 saturated heterocycles. The lowest BCUT2D eigenvalue weighted by molar-refractivity contribution is -0.131. The minimum atomic E-state index is -0.462. The molecule has 6 nitrogen and oxygen atoms in total. The number of amides is 1. The minimum absolute atomic E-state index is 0.0339. The molecule has 0 N–H and O–H groups in total. The number of benzene rings is 1. The number of methoxy groups -OCH3 is 1. The fourth-order valence-corrected chi connectivity index (χ4v) is 4.23. The van der Waals surface area contributed by atoms with Crippen LogP contribution in [0.3, 0.4) is 0 Å². The molecule has 1 atom stereocenters. The van der Waals surface area contributed by atoms with Crippen LogP contribution in [0.15, 0.2) is 48.9 Å². The minimum Gasteiger partial charge on any atom is -0.494 e. The number of aryl methyl sites for hydroxylation is 1. The molecule has 32 heavy (non-hydrogen) atoms. The van der Waals surface area contributed by atoms with Crippen molar-refractivity contribution in [1.82, 2.24) is 19.9 Å². The number of hydrogen-bond donors (Lipinski definition) is 0. The third-order valence-electron chi connectivity index (χ3n) is 5.79. The van der Waals surface area contributed by atoms with Gasteiger partial charge in [0.2, 0.25) is 5.91 Å². The van der Waals surface area contributed by atoms with Crippen molar-refractivity contribution in [1.29, 1.82) is 0 Å². The van der Waals surface area contributed by atoms with E-state index in [1.54, 1.807) is 24.5 Å². The number of nitrogens with zero attached hydrogens (tertiary/aromatic N) is 4. The average molecular weight is 435 g/mol. The highest BCUT2D eigenvalue weighted by Crippen LogP contribution is 2.37. The van der Waals surface area contributed by atoms with Crippen LogP contribution in [0.25, 0.3) is 11.1 Å². The standard InChI is InChI=1S/C25H27FN4O2/c1-3-5-23-28-16-19(18-9-11-27-12-10-18)25(29-23)21-6-4-13-30(21)24(31)15-17-7-8-22(32-2)20(26)14-17/h7-12,14,16,21H,3-6,13,15H2,1-2H3/t21-/m0/s1. The number of halogens is 1. The molecule has 4 rings (SSSR count). The Kier molecular flexibility index (Phi) is 6.73. The van der Waals surface area contributed by atoms with E-state index in [0.29, 0.717) is 12.1 Å². The summed E-state index contributed by atoms with van der Waals surface area (Å²) >= 11 is 0. The molecule has 0 unspecified atom stereocenters. The van der Waals surface area contributed by atoms with E-state index in [0.717, 1.165) is 48.3 Å². The van der Waals surface area contributed by atoms with Crippen LogP contribution in [0.1, 0.15) is 49.3 Å². The molecule has 0 bridgehead atoms. The lowest BCUT2D eigenvalue weighted by Crippen LogP contribution is -2.32. The third kappa shape index (κ3) is 4.61. The number of carbonyl (C=O) groups is 1. The van der Waals surface area contributed by atoms with Crippen LogP contribution >= 0.6 is 0 Å². The van der Waals surface area contributed by atoms with Gasteiger partial charge in [0, 0.05) is 37.1 Å². The highest BCUT2D eigenvalue weighted by atomic mass is 19.1. The number of pyridine rings is 1. The maximum atomic E-state index is 14.1. The van der Waals surface area contributed by atoms with Crippen molar-refractivity contribution in [3.05, 3.63) is 71.8 Å². The van der Waals surface area contributed by atoms with Crippen molar-refractivity contribution < 1.29 is 13.9 Å². The second-order valence-electron chi connectivity index (χ2n) is 7.96. The molecule has 0 spiro atoms. The zero-order valence-corrected chi connectivity index (χ0v) is 18.4. The van der Waals surface area contributed by atoms with Crippen molar-refractivity contribution >= 4 is 5.91 Å². The highest BCUT2D eigenvalue weighted by molar-refractivity contribution is 5.80. The Morgan fingerprint density at radius 2 is 2.06 bits per heavy atom. The van der Waals surface area contributed by atoms with Crippen LogP contribution in [0.2, 0.25) is 0 Å². The normalized spacial score (nSPS) is 15.7. The molecule has 1 aliphatic heterocycles. The molecule has 7 heteroatoms. The number of hydrogen-bond acceptors (Lipinski definition) is 5. The first-order chi connectivity index (χ1) is 15.6. The first kappa shape index (κ1) is 21.9. The van der Waals surface area contributed by atoms with Gasteiger partial charge in [-0.15, -0.1) is 0 Å². The summed E-state index contributed by atoms with van der Waals surface area (Å²) in [6.45, 7) is 2.75. The second kappa shape index (κ2) is 9.85. The Hall–Kier alpha value is -3.35. The summed E-state index contributed by atoms with van der Waals surface area (Å²) in [4.78, 5) is 28.7. The van der Waals surface area contributed by atoms with Crippen molar-refractivity contribution in [2.45, 2.75) is 45.1 Å². The molecule has 3 heterocycles. The number of ether oxygens (including phenoxy) is 1. The summed E-state index contributed by atoms with van der Waals surface area (Å²) < 4.78 is 19.1. The van der Waals surface area contributed by atoms with Crippen LogP contribution in [0, 0.1) is 5.82 Å². The zero-order valence-electron chi connectivity index (χ0n) is 18.4. The van der Waals surface area contributed by atoms with Gasteiger partial charge in [0.15, 0.2) is 11.6 Å². The molecule has 1 amide bonds. The van der Waals surface area contributed by atoms with Crippen LogP contribution < -0.4 is 4.74 Å². The summed E-state index contributed by atoms with van der Waals surface area (Å²) in [6.07, 6.45) is 8.96. The molecule has 1 aromatic carbocycles. The summed E-state index contributed by atoms with van der Waals surface area (Å²) in [5.74, 6) is 0.465. The quantitative estimate of drug-likeness (QED) is 0.546. The molecular weight excluding hydrogens is 407 g/mol. The van der Waals surface area contributed by atoms with Crippen LogP contribution in [-0.4, -0.2) is 39.4 Å². The summed E-state index contributed by atoms with van der Waals surface area (Å²) in [6, 6.07) is 8.40. The first-order valence-corrected chi connectivity index (χ1v) is 11.0.